The monoisotopic (exact) mass is 239 g/mol. The molecule has 0 saturated carbocycles. The lowest BCUT2D eigenvalue weighted by atomic mass is 10.1. The van der Waals surface area contributed by atoms with Crippen LogP contribution in [0.4, 0.5) is 4.39 Å². The average Bonchev–Trinajstić information content (AvgIpc) is 2.68. The first-order valence-corrected chi connectivity index (χ1v) is 5.37. The molecule has 0 aliphatic rings. The third kappa shape index (κ3) is 1.80. The minimum Gasteiger partial charge on any atom is -0.220 e. The van der Waals surface area contributed by atoms with E-state index in [9.17, 15) is 4.39 Å². The third-order valence-corrected chi connectivity index (χ3v) is 2.67. The van der Waals surface area contributed by atoms with Crippen LogP contribution in [0.5, 0.6) is 0 Å². The largest absolute Gasteiger partial charge is 0.220 e. The van der Waals surface area contributed by atoms with Gasteiger partial charge in [-0.3, -0.25) is 0 Å². The molecule has 0 unspecified atom stereocenters. The molecule has 0 amide bonds. The summed E-state index contributed by atoms with van der Waals surface area (Å²) in [6.07, 6.45) is 2.31. The summed E-state index contributed by atoms with van der Waals surface area (Å²) in [7, 11) is 0. The van der Waals surface area contributed by atoms with Gasteiger partial charge >= 0.3 is 0 Å². The van der Waals surface area contributed by atoms with Crippen molar-refractivity contribution in [3.05, 3.63) is 40.4 Å². The second-order valence-corrected chi connectivity index (χ2v) is 3.92. The first-order chi connectivity index (χ1) is 7.63. The first kappa shape index (κ1) is 11.1. The Hall–Kier alpha value is -1.42. The molecule has 0 aliphatic carbocycles. The molecule has 0 fully saturated rings. The Morgan fingerprint density at radius 2 is 2.19 bits per heavy atom. The fourth-order valence-corrected chi connectivity index (χ4v) is 1.78. The Labute approximate surface area is 97.8 Å². The number of rotatable bonds is 2. The molecule has 2 rings (SSSR count). The Morgan fingerprint density at radius 1 is 1.44 bits per heavy atom. The number of hydrogen-bond donors (Lipinski definition) is 0. The number of halogens is 2. The van der Waals surface area contributed by atoms with Crippen LogP contribution >= 0.6 is 11.6 Å². The van der Waals surface area contributed by atoms with Gasteiger partial charge in [-0.15, -0.1) is 5.10 Å². The van der Waals surface area contributed by atoms with Crippen molar-refractivity contribution in [2.45, 2.75) is 20.3 Å². The van der Waals surface area contributed by atoms with Gasteiger partial charge in [0.25, 0.3) is 0 Å². The second-order valence-electron chi connectivity index (χ2n) is 3.52. The van der Waals surface area contributed by atoms with Gasteiger partial charge in [0.15, 0.2) is 0 Å². The summed E-state index contributed by atoms with van der Waals surface area (Å²) in [6.45, 7) is 3.71. The van der Waals surface area contributed by atoms with Crippen molar-refractivity contribution in [1.29, 1.82) is 0 Å². The molecule has 1 heterocycles. The highest BCUT2D eigenvalue weighted by atomic mass is 35.5. The van der Waals surface area contributed by atoms with E-state index in [0.29, 0.717) is 17.7 Å². The van der Waals surface area contributed by atoms with Crippen LogP contribution in [0.15, 0.2) is 18.3 Å². The lowest BCUT2D eigenvalue weighted by Gasteiger charge is -2.09. The Bertz CT molecular complexity index is 522. The smallest absolute Gasteiger partial charge is 0.147 e. The van der Waals surface area contributed by atoms with Crippen molar-refractivity contribution in [2.75, 3.05) is 0 Å². The second kappa shape index (κ2) is 4.22. The van der Waals surface area contributed by atoms with Gasteiger partial charge in [0.05, 0.1) is 22.6 Å². The predicted molar refractivity (Wildman–Crippen MR) is 60.4 cm³/mol. The average molecular weight is 240 g/mol. The van der Waals surface area contributed by atoms with Crippen LogP contribution in [0.3, 0.4) is 0 Å². The topological polar surface area (TPSA) is 30.7 Å². The van der Waals surface area contributed by atoms with Crippen molar-refractivity contribution in [3.8, 4) is 5.69 Å². The summed E-state index contributed by atoms with van der Waals surface area (Å²) < 4.78 is 15.3. The summed E-state index contributed by atoms with van der Waals surface area (Å²) in [6, 6.07) is 3.28. The third-order valence-electron chi connectivity index (χ3n) is 2.38. The van der Waals surface area contributed by atoms with E-state index in [4.69, 9.17) is 11.6 Å². The van der Waals surface area contributed by atoms with Gasteiger partial charge in [0.2, 0.25) is 0 Å². The van der Waals surface area contributed by atoms with Crippen LogP contribution in [0, 0.1) is 12.7 Å². The van der Waals surface area contributed by atoms with E-state index < -0.39 is 0 Å². The van der Waals surface area contributed by atoms with Crippen LogP contribution in [0.2, 0.25) is 5.02 Å². The lowest BCUT2D eigenvalue weighted by molar-refractivity contribution is 0.608. The normalized spacial score (nSPS) is 10.8. The minimum absolute atomic E-state index is 0.137. The molecule has 0 atom stereocenters. The van der Waals surface area contributed by atoms with E-state index >= 15 is 0 Å². The zero-order chi connectivity index (χ0) is 11.7. The Kier molecular flexibility index (Phi) is 2.92. The molecule has 2 aromatic rings. The van der Waals surface area contributed by atoms with Crippen molar-refractivity contribution in [2.24, 2.45) is 0 Å². The standard InChI is InChI=1S/C11H11ClFN3/c1-3-8-10(5-4-9(12)11(8)13)16-6-7(2)14-15-16/h4-6H,3H2,1-2H3. The molecular weight excluding hydrogens is 229 g/mol. The molecule has 84 valence electrons. The van der Waals surface area contributed by atoms with E-state index in [2.05, 4.69) is 10.3 Å². The Morgan fingerprint density at radius 3 is 2.75 bits per heavy atom. The summed E-state index contributed by atoms with van der Waals surface area (Å²) in [5, 5.41) is 7.94. The molecule has 0 radical (unpaired) electrons. The maximum Gasteiger partial charge on any atom is 0.147 e. The van der Waals surface area contributed by atoms with Crippen LogP contribution < -0.4 is 0 Å². The van der Waals surface area contributed by atoms with E-state index in [0.717, 1.165) is 5.69 Å². The van der Waals surface area contributed by atoms with Crippen LogP contribution in [-0.2, 0) is 6.42 Å². The molecule has 0 spiro atoms. The molecular formula is C11H11ClFN3. The van der Waals surface area contributed by atoms with E-state index in [1.165, 1.54) is 6.07 Å². The summed E-state index contributed by atoms with van der Waals surface area (Å²) in [4.78, 5) is 0. The maximum atomic E-state index is 13.8. The number of benzene rings is 1. The summed E-state index contributed by atoms with van der Waals surface area (Å²) >= 11 is 5.74. The molecule has 5 heteroatoms. The molecule has 3 nitrogen and oxygen atoms in total. The number of nitrogens with zero attached hydrogens (tertiary/aromatic N) is 3. The zero-order valence-corrected chi connectivity index (χ0v) is 9.79. The molecule has 0 saturated heterocycles. The predicted octanol–water partition coefficient (Wildman–Crippen LogP) is 2.93. The molecule has 16 heavy (non-hydrogen) atoms. The molecule has 1 aromatic heterocycles. The van der Waals surface area contributed by atoms with Gasteiger partial charge in [0.1, 0.15) is 5.82 Å². The zero-order valence-electron chi connectivity index (χ0n) is 9.04. The fourth-order valence-electron chi connectivity index (χ4n) is 1.60. The van der Waals surface area contributed by atoms with Gasteiger partial charge in [-0.25, -0.2) is 9.07 Å². The maximum absolute atomic E-state index is 13.8. The van der Waals surface area contributed by atoms with E-state index in [1.54, 1.807) is 16.9 Å². The van der Waals surface area contributed by atoms with E-state index in [1.807, 2.05) is 13.8 Å². The SMILES string of the molecule is CCc1c(-n2cc(C)nn2)ccc(Cl)c1F. The van der Waals surface area contributed by atoms with Crippen molar-refractivity contribution in [3.63, 3.8) is 0 Å². The molecule has 1 aromatic carbocycles. The minimum atomic E-state index is -0.380. The Balaban J connectivity index is 2.61. The van der Waals surface area contributed by atoms with Crippen LogP contribution in [0.25, 0.3) is 5.69 Å². The van der Waals surface area contributed by atoms with Gasteiger partial charge in [-0.2, -0.15) is 0 Å². The van der Waals surface area contributed by atoms with Gasteiger partial charge in [0, 0.05) is 5.56 Å². The first-order valence-electron chi connectivity index (χ1n) is 4.99. The van der Waals surface area contributed by atoms with Crippen molar-refractivity contribution < 1.29 is 4.39 Å². The number of aryl methyl sites for hydroxylation is 1. The van der Waals surface area contributed by atoms with Crippen LogP contribution in [-0.4, -0.2) is 15.0 Å². The lowest BCUT2D eigenvalue weighted by Crippen LogP contribution is -2.02. The van der Waals surface area contributed by atoms with Crippen molar-refractivity contribution in [1.82, 2.24) is 15.0 Å². The fraction of sp³-hybridized carbons (Fsp3) is 0.273. The molecule has 0 bridgehead atoms. The molecule has 0 N–H and O–H groups in total. The van der Waals surface area contributed by atoms with Gasteiger partial charge in [-0.1, -0.05) is 23.7 Å². The van der Waals surface area contributed by atoms with Gasteiger partial charge in [-0.05, 0) is 25.5 Å². The van der Waals surface area contributed by atoms with Crippen LogP contribution in [0.1, 0.15) is 18.2 Å². The highest BCUT2D eigenvalue weighted by molar-refractivity contribution is 6.30. The number of aromatic nitrogens is 3. The molecule has 0 aliphatic heterocycles. The van der Waals surface area contributed by atoms with E-state index in [-0.39, 0.29) is 10.8 Å². The summed E-state index contributed by atoms with van der Waals surface area (Å²) in [5.74, 6) is -0.380. The number of hydrogen-bond acceptors (Lipinski definition) is 2. The van der Waals surface area contributed by atoms with Gasteiger partial charge < -0.3 is 0 Å². The highest BCUT2D eigenvalue weighted by Gasteiger charge is 2.12. The quantitative estimate of drug-likeness (QED) is 0.807. The van der Waals surface area contributed by atoms with Crippen molar-refractivity contribution >= 4 is 11.6 Å². The highest BCUT2D eigenvalue weighted by Crippen LogP contribution is 2.24. The summed E-state index contributed by atoms with van der Waals surface area (Å²) in [5.41, 5.74) is 2.03.